The molecule has 3 heterocycles. The van der Waals surface area contributed by atoms with Gasteiger partial charge in [0, 0.05) is 51.9 Å². The lowest BCUT2D eigenvalue weighted by molar-refractivity contribution is 0.0162. The van der Waals surface area contributed by atoms with Gasteiger partial charge in [-0.25, -0.2) is 0 Å². The molecule has 152 valence electrons. The zero-order valence-corrected chi connectivity index (χ0v) is 17.0. The van der Waals surface area contributed by atoms with E-state index in [0.717, 1.165) is 69.9 Å². The van der Waals surface area contributed by atoms with E-state index in [4.69, 9.17) is 14.0 Å². The summed E-state index contributed by atoms with van der Waals surface area (Å²) < 4.78 is 16.7. The van der Waals surface area contributed by atoms with Gasteiger partial charge < -0.3 is 18.9 Å². The molecule has 0 N–H and O–H groups in total. The van der Waals surface area contributed by atoms with Gasteiger partial charge in [0.05, 0.1) is 18.9 Å². The van der Waals surface area contributed by atoms with Crippen LogP contribution in [0.1, 0.15) is 37.1 Å². The second-order valence-corrected chi connectivity index (χ2v) is 8.97. The average Bonchev–Trinajstić information content (AvgIpc) is 3.31. The van der Waals surface area contributed by atoms with E-state index in [0.29, 0.717) is 11.3 Å². The van der Waals surface area contributed by atoms with Gasteiger partial charge in [0.25, 0.3) is 0 Å². The van der Waals surface area contributed by atoms with Crippen molar-refractivity contribution in [2.24, 2.45) is 17.3 Å². The molecular weight excluding hydrogens is 342 g/mol. The Labute approximate surface area is 163 Å². The maximum absolute atomic E-state index is 6.15. The Morgan fingerprint density at radius 3 is 2.70 bits per heavy atom. The van der Waals surface area contributed by atoms with Crippen molar-refractivity contribution in [3.8, 4) is 0 Å². The zero-order valence-electron chi connectivity index (χ0n) is 17.0. The van der Waals surface area contributed by atoms with Crippen LogP contribution in [0.2, 0.25) is 0 Å². The van der Waals surface area contributed by atoms with Crippen LogP contribution in [0, 0.1) is 24.2 Å². The fourth-order valence-electron chi connectivity index (χ4n) is 4.87. The van der Waals surface area contributed by atoms with Crippen LogP contribution < -0.4 is 0 Å². The van der Waals surface area contributed by atoms with Crippen molar-refractivity contribution in [1.82, 2.24) is 15.0 Å². The molecule has 3 aliphatic rings. The van der Waals surface area contributed by atoms with Gasteiger partial charge in [-0.1, -0.05) is 5.16 Å². The number of hydrogen-bond acceptors (Lipinski definition) is 6. The van der Waals surface area contributed by atoms with Crippen LogP contribution in [-0.4, -0.2) is 74.6 Å². The number of piperidine rings is 1. The van der Waals surface area contributed by atoms with Crippen LogP contribution in [-0.2, 0) is 16.0 Å². The first-order chi connectivity index (χ1) is 13.2. The number of nitrogens with zero attached hydrogens (tertiary/aromatic N) is 3. The van der Waals surface area contributed by atoms with Crippen molar-refractivity contribution in [3.63, 3.8) is 0 Å². The van der Waals surface area contributed by atoms with Crippen molar-refractivity contribution in [3.05, 3.63) is 17.5 Å². The maximum atomic E-state index is 6.15. The smallest absolute Gasteiger partial charge is 0.133 e. The van der Waals surface area contributed by atoms with Gasteiger partial charge in [-0.3, -0.25) is 4.90 Å². The SMILES string of the molecule is COCCN1C[C@@H](COCC2CC2)C2(CCN(Cc3cc(C)on3)CC2)C1. The molecule has 1 aromatic heterocycles. The fraction of sp³-hybridized carbons (Fsp3) is 0.857. The molecule has 0 radical (unpaired) electrons. The van der Waals surface area contributed by atoms with Gasteiger partial charge >= 0.3 is 0 Å². The minimum absolute atomic E-state index is 0.410. The standard InChI is InChI=1S/C21H35N3O3/c1-17-11-20(22-27-17)13-23-7-5-21(6-8-23)16-24(9-10-25-2)12-19(21)15-26-14-18-3-4-18/h11,18-19H,3-10,12-16H2,1-2H3/t19-/m0/s1. The molecule has 6 heteroatoms. The highest BCUT2D eigenvalue weighted by molar-refractivity contribution is 5.05. The summed E-state index contributed by atoms with van der Waals surface area (Å²) in [6.07, 6.45) is 5.24. The summed E-state index contributed by atoms with van der Waals surface area (Å²) in [5.74, 6) is 2.40. The molecule has 2 aliphatic heterocycles. The van der Waals surface area contributed by atoms with E-state index in [-0.39, 0.29) is 0 Å². The highest BCUT2D eigenvalue weighted by atomic mass is 16.5. The Balaban J connectivity index is 1.32. The molecule has 1 aliphatic carbocycles. The summed E-state index contributed by atoms with van der Waals surface area (Å²) in [5.41, 5.74) is 1.47. The molecule has 27 heavy (non-hydrogen) atoms. The summed E-state index contributed by atoms with van der Waals surface area (Å²) in [6.45, 7) is 11.3. The normalized spacial score (nSPS) is 26.2. The monoisotopic (exact) mass is 377 g/mol. The first kappa shape index (κ1) is 19.4. The lowest BCUT2D eigenvalue weighted by Crippen LogP contribution is -2.45. The molecule has 6 nitrogen and oxygen atoms in total. The lowest BCUT2D eigenvalue weighted by Gasteiger charge is -2.42. The first-order valence-electron chi connectivity index (χ1n) is 10.6. The van der Waals surface area contributed by atoms with Crippen LogP contribution in [0.5, 0.6) is 0 Å². The van der Waals surface area contributed by atoms with Crippen molar-refractivity contribution < 1.29 is 14.0 Å². The molecule has 0 unspecified atom stereocenters. The Bertz CT molecular complexity index is 593. The number of hydrogen-bond donors (Lipinski definition) is 0. The third-order valence-corrected chi connectivity index (χ3v) is 6.78. The Kier molecular flexibility index (Phi) is 6.17. The lowest BCUT2D eigenvalue weighted by atomic mass is 9.71. The maximum Gasteiger partial charge on any atom is 0.133 e. The van der Waals surface area contributed by atoms with Crippen LogP contribution in [0.3, 0.4) is 0 Å². The van der Waals surface area contributed by atoms with Gasteiger partial charge in [0.1, 0.15) is 5.76 Å². The van der Waals surface area contributed by atoms with Crippen molar-refractivity contribution in [2.45, 2.75) is 39.2 Å². The highest BCUT2D eigenvalue weighted by Crippen LogP contribution is 2.45. The summed E-state index contributed by atoms with van der Waals surface area (Å²) >= 11 is 0. The quantitative estimate of drug-likeness (QED) is 0.659. The van der Waals surface area contributed by atoms with E-state index in [1.54, 1.807) is 7.11 Å². The Morgan fingerprint density at radius 1 is 1.22 bits per heavy atom. The van der Waals surface area contributed by atoms with E-state index in [2.05, 4.69) is 21.0 Å². The summed E-state index contributed by atoms with van der Waals surface area (Å²) in [4.78, 5) is 5.13. The molecule has 3 fully saturated rings. The summed E-state index contributed by atoms with van der Waals surface area (Å²) in [7, 11) is 1.80. The molecule has 4 rings (SSSR count). The molecule has 1 atom stereocenters. The van der Waals surface area contributed by atoms with Crippen molar-refractivity contribution in [1.29, 1.82) is 0 Å². The zero-order chi connectivity index (χ0) is 18.7. The third kappa shape index (κ3) is 4.91. The molecule has 1 aromatic rings. The minimum Gasteiger partial charge on any atom is -0.383 e. The van der Waals surface area contributed by atoms with Crippen LogP contribution >= 0.6 is 0 Å². The van der Waals surface area contributed by atoms with Gasteiger partial charge in [-0.15, -0.1) is 0 Å². The van der Waals surface area contributed by atoms with Crippen LogP contribution in [0.15, 0.2) is 10.6 Å². The Morgan fingerprint density at radius 2 is 2.04 bits per heavy atom. The fourth-order valence-corrected chi connectivity index (χ4v) is 4.87. The number of likely N-dealkylation sites (tertiary alicyclic amines) is 2. The number of aryl methyl sites for hydroxylation is 1. The molecule has 1 spiro atoms. The minimum atomic E-state index is 0.410. The van der Waals surface area contributed by atoms with Crippen LogP contribution in [0.4, 0.5) is 0 Å². The summed E-state index contributed by atoms with van der Waals surface area (Å²) in [6, 6.07) is 2.06. The van der Waals surface area contributed by atoms with E-state index in [9.17, 15) is 0 Å². The van der Waals surface area contributed by atoms with Gasteiger partial charge in [-0.2, -0.15) is 0 Å². The van der Waals surface area contributed by atoms with Crippen LogP contribution in [0.25, 0.3) is 0 Å². The first-order valence-corrected chi connectivity index (χ1v) is 10.6. The number of rotatable bonds is 9. The molecule has 0 aromatic carbocycles. The molecule has 2 saturated heterocycles. The molecule has 0 amide bonds. The van der Waals surface area contributed by atoms with E-state index >= 15 is 0 Å². The predicted octanol–water partition coefficient (Wildman–Crippen LogP) is 2.57. The second-order valence-electron chi connectivity index (χ2n) is 8.97. The van der Waals surface area contributed by atoms with Crippen molar-refractivity contribution in [2.75, 3.05) is 59.7 Å². The average molecular weight is 378 g/mol. The molecule has 1 saturated carbocycles. The number of aromatic nitrogens is 1. The number of methoxy groups -OCH3 is 1. The number of ether oxygens (including phenoxy) is 2. The van der Waals surface area contributed by atoms with E-state index in [1.165, 1.54) is 32.2 Å². The highest BCUT2D eigenvalue weighted by Gasteiger charge is 2.47. The van der Waals surface area contributed by atoms with Gasteiger partial charge in [0.15, 0.2) is 0 Å². The van der Waals surface area contributed by atoms with Gasteiger partial charge in [-0.05, 0) is 57.0 Å². The van der Waals surface area contributed by atoms with Crippen molar-refractivity contribution >= 4 is 0 Å². The van der Waals surface area contributed by atoms with E-state index in [1.807, 2.05) is 6.92 Å². The molecule has 0 bridgehead atoms. The largest absolute Gasteiger partial charge is 0.383 e. The van der Waals surface area contributed by atoms with E-state index < -0.39 is 0 Å². The third-order valence-electron chi connectivity index (χ3n) is 6.78. The second kappa shape index (κ2) is 8.60. The molecular formula is C21H35N3O3. The Hall–Kier alpha value is -0.950. The predicted molar refractivity (Wildman–Crippen MR) is 104 cm³/mol. The summed E-state index contributed by atoms with van der Waals surface area (Å²) in [5, 5.41) is 4.16. The van der Waals surface area contributed by atoms with Gasteiger partial charge in [0.2, 0.25) is 0 Å². The topological polar surface area (TPSA) is 51.0 Å².